The van der Waals surface area contributed by atoms with Crippen molar-refractivity contribution in [2.24, 2.45) is 5.73 Å². The Balaban J connectivity index is 2.68. The second kappa shape index (κ2) is 5.45. The molecule has 0 aliphatic rings. The van der Waals surface area contributed by atoms with Crippen molar-refractivity contribution in [3.05, 3.63) is 29.8 Å². The van der Waals surface area contributed by atoms with Crippen LogP contribution in [0.25, 0.3) is 0 Å². The minimum atomic E-state index is -4.65. The van der Waals surface area contributed by atoms with Crippen LogP contribution in [0.3, 0.4) is 0 Å². The Hall–Kier alpha value is -0.880. The number of benzene rings is 1. The van der Waals surface area contributed by atoms with E-state index in [9.17, 15) is 13.2 Å². The summed E-state index contributed by atoms with van der Waals surface area (Å²) >= 11 is 1.58. The van der Waals surface area contributed by atoms with Crippen LogP contribution in [0.2, 0.25) is 0 Å². The smallest absolute Gasteiger partial charge is 0.406 e. The molecule has 2 nitrogen and oxygen atoms in total. The maximum Gasteiger partial charge on any atom is 0.573 e. The SMILES string of the molecule is CSCC(N)c1ccc(OC(F)(F)F)cc1. The maximum absolute atomic E-state index is 11.9. The molecule has 90 valence electrons. The Labute approximate surface area is 96.0 Å². The van der Waals surface area contributed by atoms with Crippen LogP contribution in [-0.2, 0) is 0 Å². The first-order valence-corrected chi connectivity index (χ1v) is 5.92. The van der Waals surface area contributed by atoms with Crippen LogP contribution in [0.1, 0.15) is 11.6 Å². The molecule has 0 aliphatic carbocycles. The lowest BCUT2D eigenvalue weighted by Gasteiger charge is -2.12. The predicted octanol–water partition coefficient (Wildman–Crippen LogP) is 2.95. The molecule has 0 saturated heterocycles. The molecule has 16 heavy (non-hydrogen) atoms. The van der Waals surface area contributed by atoms with Crippen molar-refractivity contribution in [1.29, 1.82) is 0 Å². The minimum Gasteiger partial charge on any atom is -0.406 e. The summed E-state index contributed by atoms with van der Waals surface area (Å²) in [6.45, 7) is 0. The molecule has 1 unspecified atom stereocenters. The molecule has 0 bridgehead atoms. The van der Waals surface area contributed by atoms with Gasteiger partial charge < -0.3 is 10.5 Å². The van der Waals surface area contributed by atoms with Crippen molar-refractivity contribution in [2.45, 2.75) is 12.4 Å². The number of alkyl halides is 3. The first-order valence-electron chi connectivity index (χ1n) is 4.52. The van der Waals surface area contributed by atoms with Gasteiger partial charge in [0.05, 0.1) is 0 Å². The molecule has 2 N–H and O–H groups in total. The molecule has 0 aliphatic heterocycles. The summed E-state index contributed by atoms with van der Waals surface area (Å²) in [5, 5.41) is 0. The summed E-state index contributed by atoms with van der Waals surface area (Å²) in [4.78, 5) is 0. The number of hydrogen-bond acceptors (Lipinski definition) is 3. The molecule has 1 aromatic rings. The summed E-state index contributed by atoms with van der Waals surface area (Å²) in [5.74, 6) is 0.493. The molecular weight excluding hydrogens is 239 g/mol. The van der Waals surface area contributed by atoms with E-state index >= 15 is 0 Å². The van der Waals surface area contributed by atoms with E-state index in [-0.39, 0.29) is 11.8 Å². The summed E-state index contributed by atoms with van der Waals surface area (Å²) < 4.78 is 39.4. The van der Waals surface area contributed by atoms with Crippen LogP contribution in [-0.4, -0.2) is 18.4 Å². The van der Waals surface area contributed by atoms with Gasteiger partial charge in [0.1, 0.15) is 5.75 Å². The highest BCUT2D eigenvalue weighted by atomic mass is 32.2. The molecule has 6 heteroatoms. The van der Waals surface area contributed by atoms with Crippen LogP contribution >= 0.6 is 11.8 Å². The van der Waals surface area contributed by atoms with Crippen LogP contribution < -0.4 is 10.5 Å². The van der Waals surface area contributed by atoms with Gasteiger partial charge in [-0.05, 0) is 24.0 Å². The molecule has 0 aromatic heterocycles. The van der Waals surface area contributed by atoms with Gasteiger partial charge in [0, 0.05) is 11.8 Å². The largest absolute Gasteiger partial charge is 0.573 e. The fourth-order valence-electron chi connectivity index (χ4n) is 1.19. The van der Waals surface area contributed by atoms with Gasteiger partial charge in [-0.25, -0.2) is 0 Å². The third kappa shape index (κ3) is 4.32. The van der Waals surface area contributed by atoms with Crippen LogP contribution in [0.15, 0.2) is 24.3 Å². The Kier molecular flexibility index (Phi) is 4.49. The predicted molar refractivity (Wildman–Crippen MR) is 58.4 cm³/mol. The highest BCUT2D eigenvalue weighted by molar-refractivity contribution is 7.98. The van der Waals surface area contributed by atoms with Gasteiger partial charge in [0.15, 0.2) is 0 Å². The summed E-state index contributed by atoms with van der Waals surface area (Å²) in [6.07, 6.45) is -2.73. The van der Waals surface area contributed by atoms with Crippen LogP contribution in [0.4, 0.5) is 13.2 Å². The van der Waals surface area contributed by atoms with E-state index in [0.29, 0.717) is 0 Å². The fourth-order valence-corrected chi connectivity index (χ4v) is 1.74. The average molecular weight is 251 g/mol. The standard InChI is InChI=1S/C10H12F3NOS/c1-16-6-9(14)7-2-4-8(5-3-7)15-10(11,12)13/h2-5,9H,6,14H2,1H3. The Morgan fingerprint density at radius 1 is 1.31 bits per heavy atom. The molecule has 1 aromatic carbocycles. The van der Waals surface area contributed by atoms with E-state index in [4.69, 9.17) is 5.73 Å². The van der Waals surface area contributed by atoms with Gasteiger partial charge in [-0.2, -0.15) is 11.8 Å². The van der Waals surface area contributed by atoms with Crippen molar-refractivity contribution >= 4 is 11.8 Å². The zero-order valence-electron chi connectivity index (χ0n) is 8.62. The summed E-state index contributed by atoms with van der Waals surface area (Å²) in [6, 6.07) is 5.45. The zero-order chi connectivity index (χ0) is 12.2. The number of thioether (sulfide) groups is 1. The summed E-state index contributed by atoms with van der Waals surface area (Å²) in [5.41, 5.74) is 6.59. The Bertz CT molecular complexity index is 326. The lowest BCUT2D eigenvalue weighted by atomic mass is 10.1. The molecule has 0 saturated carbocycles. The van der Waals surface area contributed by atoms with E-state index in [0.717, 1.165) is 11.3 Å². The van der Waals surface area contributed by atoms with Crippen molar-refractivity contribution in [1.82, 2.24) is 0 Å². The van der Waals surface area contributed by atoms with E-state index in [1.165, 1.54) is 12.1 Å². The fraction of sp³-hybridized carbons (Fsp3) is 0.400. The number of hydrogen-bond donors (Lipinski definition) is 1. The number of halogens is 3. The molecule has 0 spiro atoms. The van der Waals surface area contributed by atoms with Crippen molar-refractivity contribution < 1.29 is 17.9 Å². The molecule has 1 rings (SSSR count). The maximum atomic E-state index is 11.9. The average Bonchev–Trinajstić information content (AvgIpc) is 2.16. The first kappa shape index (κ1) is 13.2. The molecular formula is C10H12F3NOS. The number of ether oxygens (including phenoxy) is 1. The minimum absolute atomic E-state index is 0.171. The van der Waals surface area contributed by atoms with Gasteiger partial charge in [0.2, 0.25) is 0 Å². The lowest BCUT2D eigenvalue weighted by molar-refractivity contribution is -0.274. The third-order valence-corrected chi connectivity index (χ3v) is 2.58. The highest BCUT2D eigenvalue weighted by Gasteiger charge is 2.30. The van der Waals surface area contributed by atoms with Crippen molar-refractivity contribution in [3.63, 3.8) is 0 Å². The second-order valence-electron chi connectivity index (χ2n) is 3.18. The van der Waals surface area contributed by atoms with Crippen LogP contribution in [0, 0.1) is 0 Å². The number of nitrogens with two attached hydrogens (primary N) is 1. The second-order valence-corrected chi connectivity index (χ2v) is 4.09. The number of rotatable bonds is 4. The molecule has 0 fully saturated rings. The van der Waals surface area contributed by atoms with Gasteiger partial charge in [0.25, 0.3) is 0 Å². The van der Waals surface area contributed by atoms with E-state index in [1.54, 1.807) is 23.9 Å². The van der Waals surface area contributed by atoms with Gasteiger partial charge in [-0.1, -0.05) is 12.1 Å². The van der Waals surface area contributed by atoms with E-state index in [2.05, 4.69) is 4.74 Å². The molecule has 1 atom stereocenters. The Morgan fingerprint density at radius 3 is 2.31 bits per heavy atom. The van der Waals surface area contributed by atoms with E-state index < -0.39 is 6.36 Å². The topological polar surface area (TPSA) is 35.2 Å². The highest BCUT2D eigenvalue weighted by Crippen LogP contribution is 2.24. The van der Waals surface area contributed by atoms with Crippen LogP contribution in [0.5, 0.6) is 5.75 Å². The summed E-state index contributed by atoms with van der Waals surface area (Å²) in [7, 11) is 0. The van der Waals surface area contributed by atoms with Gasteiger partial charge in [-0.15, -0.1) is 13.2 Å². The van der Waals surface area contributed by atoms with Crippen molar-refractivity contribution in [2.75, 3.05) is 12.0 Å². The zero-order valence-corrected chi connectivity index (χ0v) is 9.44. The molecule has 0 amide bonds. The lowest BCUT2D eigenvalue weighted by Crippen LogP contribution is -2.17. The quantitative estimate of drug-likeness (QED) is 0.893. The molecule has 0 radical (unpaired) electrons. The monoisotopic (exact) mass is 251 g/mol. The Morgan fingerprint density at radius 2 is 1.88 bits per heavy atom. The van der Waals surface area contributed by atoms with E-state index in [1.807, 2.05) is 6.26 Å². The normalized spacial score (nSPS) is 13.6. The third-order valence-electron chi connectivity index (χ3n) is 1.89. The first-order chi connectivity index (χ1) is 7.42. The van der Waals surface area contributed by atoms with Gasteiger partial charge >= 0.3 is 6.36 Å². The molecule has 0 heterocycles. The van der Waals surface area contributed by atoms with Crippen molar-refractivity contribution in [3.8, 4) is 5.75 Å². The van der Waals surface area contributed by atoms with Gasteiger partial charge in [-0.3, -0.25) is 0 Å².